The molecule has 1 spiro atoms. The van der Waals surface area contributed by atoms with E-state index in [1.807, 2.05) is 45.0 Å². The molecule has 1 N–H and O–H groups in total. The van der Waals surface area contributed by atoms with E-state index in [4.69, 9.17) is 4.74 Å². The Morgan fingerprint density at radius 1 is 1.03 bits per heavy atom. The maximum absolute atomic E-state index is 14.1. The Balaban J connectivity index is 1.95. The maximum atomic E-state index is 14.1. The van der Waals surface area contributed by atoms with Gasteiger partial charge in [-0.25, -0.2) is 0 Å². The second-order valence-electron chi connectivity index (χ2n) is 8.90. The Morgan fingerprint density at radius 2 is 1.71 bits per heavy atom. The second-order valence-corrected chi connectivity index (χ2v) is 8.90. The van der Waals surface area contributed by atoms with Crippen LogP contribution in [0.5, 0.6) is 5.75 Å². The molecule has 2 aliphatic heterocycles. The number of nitrogens with zero attached hydrogens (tertiary/aromatic N) is 3. The summed E-state index contributed by atoms with van der Waals surface area (Å²) < 4.78 is 5.48. The number of carbonyl (C=O) groups is 3. The minimum Gasteiger partial charge on any atom is -0.507 e. The Hall–Kier alpha value is -3.65. The lowest BCUT2D eigenvalue weighted by atomic mass is 9.82. The number of carbonyl (C=O) groups excluding carboxylic acids is 3. The molecule has 2 aromatic carbocycles. The number of anilines is 1. The van der Waals surface area contributed by atoms with Crippen LogP contribution in [0, 0.1) is 0 Å². The van der Waals surface area contributed by atoms with E-state index in [0.29, 0.717) is 48.7 Å². The van der Waals surface area contributed by atoms with E-state index in [1.54, 1.807) is 41.3 Å². The molecule has 1 fully saturated rings. The fourth-order valence-electron chi connectivity index (χ4n) is 5.05. The van der Waals surface area contributed by atoms with Gasteiger partial charge in [0.15, 0.2) is 5.54 Å². The number of likely N-dealkylation sites (tertiary alicyclic amines) is 1. The minimum absolute atomic E-state index is 0.190. The molecule has 8 nitrogen and oxygen atoms in total. The number of hydrogen-bond donors (Lipinski definition) is 1. The van der Waals surface area contributed by atoms with Crippen LogP contribution in [0.3, 0.4) is 0 Å². The van der Waals surface area contributed by atoms with Crippen molar-refractivity contribution in [3.8, 4) is 5.75 Å². The van der Waals surface area contributed by atoms with Crippen molar-refractivity contribution in [2.75, 3.05) is 45.2 Å². The Morgan fingerprint density at radius 3 is 2.34 bits per heavy atom. The zero-order chi connectivity index (χ0) is 25.3. The van der Waals surface area contributed by atoms with Crippen LogP contribution in [0.4, 0.5) is 5.69 Å². The highest BCUT2D eigenvalue weighted by Crippen LogP contribution is 2.53. The Kier molecular flexibility index (Phi) is 6.67. The topological polar surface area (TPSA) is 90.4 Å². The molecule has 1 atom stereocenters. The van der Waals surface area contributed by atoms with E-state index in [9.17, 15) is 19.5 Å². The predicted octanol–water partition coefficient (Wildman–Crippen LogP) is 2.98. The van der Waals surface area contributed by atoms with Crippen LogP contribution >= 0.6 is 0 Å². The number of ketones is 1. The van der Waals surface area contributed by atoms with Crippen LogP contribution in [0.15, 0.2) is 54.1 Å². The summed E-state index contributed by atoms with van der Waals surface area (Å²) in [4.78, 5) is 45.9. The summed E-state index contributed by atoms with van der Waals surface area (Å²) in [6, 6.07) is 13.8. The highest BCUT2D eigenvalue weighted by Gasteiger charge is 2.66. The van der Waals surface area contributed by atoms with Gasteiger partial charge in [-0.1, -0.05) is 18.2 Å². The molecule has 4 rings (SSSR count). The molecule has 0 saturated carbocycles. The van der Waals surface area contributed by atoms with Crippen molar-refractivity contribution in [2.24, 2.45) is 0 Å². The average Bonchev–Trinajstić information content (AvgIpc) is 3.22. The van der Waals surface area contributed by atoms with Crippen molar-refractivity contribution < 1.29 is 24.2 Å². The van der Waals surface area contributed by atoms with Gasteiger partial charge in [0.1, 0.15) is 11.5 Å². The molecule has 0 radical (unpaired) electrons. The molecular weight excluding hydrogens is 446 g/mol. The number of Topliss-reactive ketones (excluding diaryl/α,β-unsaturated/α-hetero) is 1. The van der Waals surface area contributed by atoms with Gasteiger partial charge in [0.25, 0.3) is 17.6 Å². The normalized spacial score (nSPS) is 20.9. The smallest absolute Gasteiger partial charge is 0.296 e. The molecule has 0 aromatic heterocycles. The van der Waals surface area contributed by atoms with Crippen LogP contribution in [0.1, 0.15) is 31.4 Å². The van der Waals surface area contributed by atoms with Crippen molar-refractivity contribution in [3.63, 3.8) is 0 Å². The molecular formula is C27H31N3O5. The summed E-state index contributed by atoms with van der Waals surface area (Å²) in [5, 5.41) is 11.4. The van der Waals surface area contributed by atoms with Gasteiger partial charge in [-0.2, -0.15) is 0 Å². The van der Waals surface area contributed by atoms with Gasteiger partial charge in [-0.15, -0.1) is 0 Å². The molecule has 2 aromatic rings. The van der Waals surface area contributed by atoms with Gasteiger partial charge < -0.3 is 24.5 Å². The van der Waals surface area contributed by atoms with E-state index in [-0.39, 0.29) is 17.9 Å². The molecule has 2 heterocycles. The molecule has 1 unspecified atom stereocenters. The Labute approximate surface area is 205 Å². The van der Waals surface area contributed by atoms with Crippen LogP contribution < -0.4 is 9.64 Å². The van der Waals surface area contributed by atoms with E-state index < -0.39 is 23.1 Å². The van der Waals surface area contributed by atoms with E-state index in [1.165, 1.54) is 4.90 Å². The first kappa shape index (κ1) is 24.5. The summed E-state index contributed by atoms with van der Waals surface area (Å²) in [6.07, 6.45) is 0.562. The second kappa shape index (κ2) is 9.54. The van der Waals surface area contributed by atoms with Crippen molar-refractivity contribution in [1.29, 1.82) is 0 Å². The van der Waals surface area contributed by atoms with Crippen LogP contribution in [0.2, 0.25) is 0 Å². The summed E-state index contributed by atoms with van der Waals surface area (Å²) in [6.45, 7) is 5.43. The van der Waals surface area contributed by atoms with E-state index in [0.717, 1.165) is 0 Å². The lowest BCUT2D eigenvalue weighted by Gasteiger charge is -2.34. The number of aliphatic hydroxyl groups is 1. The molecule has 2 amide bonds. The van der Waals surface area contributed by atoms with Gasteiger partial charge in [0.2, 0.25) is 0 Å². The average molecular weight is 478 g/mol. The third kappa shape index (κ3) is 3.78. The molecule has 0 bridgehead atoms. The van der Waals surface area contributed by atoms with E-state index >= 15 is 0 Å². The number of hydrogen-bond acceptors (Lipinski definition) is 6. The third-order valence-corrected chi connectivity index (χ3v) is 6.55. The quantitative estimate of drug-likeness (QED) is 0.357. The molecule has 8 heteroatoms. The molecule has 2 aliphatic rings. The standard InChI is InChI=1S/C27H31N3O5/c1-5-29-21-11-8-7-10-20(21)27(26(29)34)22(23(31)18-12-14-19(15-13-18)35-6-2)24(32)25(33)30(27)17-9-16-28(3)4/h7-8,10-15,31H,5-6,9,16-17H2,1-4H3/b23-22+. The first-order chi connectivity index (χ1) is 16.8. The monoisotopic (exact) mass is 477 g/mol. The summed E-state index contributed by atoms with van der Waals surface area (Å²) in [5.41, 5.74) is -0.403. The van der Waals surface area contributed by atoms with E-state index in [2.05, 4.69) is 0 Å². The first-order valence-corrected chi connectivity index (χ1v) is 11.9. The van der Waals surface area contributed by atoms with Gasteiger partial charge in [0, 0.05) is 24.2 Å². The number of benzene rings is 2. The predicted molar refractivity (Wildman–Crippen MR) is 133 cm³/mol. The number of likely N-dealkylation sites (N-methyl/N-ethyl adjacent to an activating group) is 1. The van der Waals surface area contributed by atoms with Gasteiger partial charge in [-0.3, -0.25) is 14.4 Å². The van der Waals surface area contributed by atoms with Crippen molar-refractivity contribution >= 4 is 29.0 Å². The van der Waals surface area contributed by atoms with Crippen molar-refractivity contribution in [2.45, 2.75) is 25.8 Å². The number of aliphatic hydroxyl groups excluding tert-OH is 1. The largest absolute Gasteiger partial charge is 0.507 e. The molecule has 184 valence electrons. The number of fused-ring (bicyclic) bond motifs is 2. The zero-order valence-electron chi connectivity index (χ0n) is 20.6. The van der Waals surface area contributed by atoms with Crippen LogP contribution in [-0.4, -0.2) is 72.8 Å². The Bertz CT molecular complexity index is 1190. The SMILES string of the molecule is CCOc1ccc(/C(O)=C2/C(=O)C(=O)N(CCCN(C)C)C23C(=O)N(CC)c2ccccc23)cc1. The first-order valence-electron chi connectivity index (χ1n) is 11.9. The van der Waals surface area contributed by atoms with Crippen LogP contribution in [0.25, 0.3) is 5.76 Å². The van der Waals surface area contributed by atoms with Crippen LogP contribution in [-0.2, 0) is 19.9 Å². The molecule has 0 aliphatic carbocycles. The van der Waals surface area contributed by atoms with Gasteiger partial charge in [0.05, 0.1) is 17.9 Å². The fourth-order valence-corrected chi connectivity index (χ4v) is 5.05. The summed E-state index contributed by atoms with van der Waals surface area (Å²) in [7, 11) is 3.84. The van der Waals surface area contributed by atoms with Gasteiger partial charge >= 0.3 is 0 Å². The highest BCUT2D eigenvalue weighted by atomic mass is 16.5. The fraction of sp³-hybridized carbons (Fsp3) is 0.370. The van der Waals surface area contributed by atoms with Crippen molar-refractivity contribution in [1.82, 2.24) is 9.80 Å². The number of ether oxygens (including phenoxy) is 1. The zero-order valence-corrected chi connectivity index (χ0v) is 20.6. The molecule has 1 saturated heterocycles. The lowest BCUT2D eigenvalue weighted by Crippen LogP contribution is -2.52. The van der Waals surface area contributed by atoms with Crippen molar-refractivity contribution in [3.05, 3.63) is 65.2 Å². The highest BCUT2D eigenvalue weighted by molar-refractivity contribution is 6.50. The number of amides is 2. The van der Waals surface area contributed by atoms with Gasteiger partial charge in [-0.05, 0) is 71.2 Å². The number of rotatable bonds is 8. The lowest BCUT2D eigenvalue weighted by molar-refractivity contribution is -0.143. The summed E-state index contributed by atoms with van der Waals surface area (Å²) in [5.74, 6) is -1.80. The minimum atomic E-state index is -1.71. The number of para-hydroxylation sites is 1. The maximum Gasteiger partial charge on any atom is 0.296 e. The molecule has 35 heavy (non-hydrogen) atoms. The summed E-state index contributed by atoms with van der Waals surface area (Å²) >= 11 is 0. The third-order valence-electron chi connectivity index (χ3n) is 6.55.